The first kappa shape index (κ1) is 9.43. The Morgan fingerprint density at radius 3 is 2.93 bits per heavy atom. The fourth-order valence-corrected chi connectivity index (χ4v) is 2.37. The molecule has 5 heteroatoms. The normalized spacial score (nSPS) is 10.7. The molecule has 0 radical (unpaired) electrons. The fourth-order valence-electron chi connectivity index (χ4n) is 1.29. The SMILES string of the molecule is O=C(O)c1c(Cl)cc(F)c2sccc12. The van der Waals surface area contributed by atoms with Crippen molar-refractivity contribution >= 4 is 39.0 Å². The lowest BCUT2D eigenvalue weighted by Gasteiger charge is -2.01. The zero-order chi connectivity index (χ0) is 10.3. The maximum Gasteiger partial charge on any atom is 0.337 e. The van der Waals surface area contributed by atoms with E-state index in [0.717, 1.165) is 17.4 Å². The van der Waals surface area contributed by atoms with E-state index >= 15 is 0 Å². The Bertz CT molecular complexity index is 521. The smallest absolute Gasteiger partial charge is 0.337 e. The standard InChI is InChI=1S/C9H4ClFO2S/c10-5-3-6(11)8-4(1-2-14-8)7(5)9(12)13/h1-3H,(H,12,13). The summed E-state index contributed by atoms with van der Waals surface area (Å²) in [5.74, 6) is -1.62. The van der Waals surface area contributed by atoms with E-state index in [2.05, 4.69) is 0 Å². The van der Waals surface area contributed by atoms with Crippen LogP contribution in [0.3, 0.4) is 0 Å². The second-order valence-corrected chi connectivity index (χ2v) is 4.01. The second kappa shape index (κ2) is 3.22. The largest absolute Gasteiger partial charge is 0.478 e. The molecule has 2 aromatic rings. The number of hydrogen-bond acceptors (Lipinski definition) is 2. The van der Waals surface area contributed by atoms with Crippen LogP contribution < -0.4 is 0 Å². The van der Waals surface area contributed by atoms with Crippen LogP contribution >= 0.6 is 22.9 Å². The quantitative estimate of drug-likeness (QED) is 0.815. The topological polar surface area (TPSA) is 37.3 Å². The minimum atomic E-state index is -1.14. The summed E-state index contributed by atoms with van der Waals surface area (Å²) in [6, 6.07) is 2.59. The molecule has 0 saturated carbocycles. The number of thiophene rings is 1. The van der Waals surface area contributed by atoms with Crippen molar-refractivity contribution in [3.05, 3.63) is 33.9 Å². The molecule has 2 rings (SSSR count). The molecule has 0 unspecified atom stereocenters. The molecule has 1 aromatic heterocycles. The van der Waals surface area contributed by atoms with Crippen LogP contribution in [-0.4, -0.2) is 11.1 Å². The molecule has 0 aliphatic heterocycles. The highest BCUT2D eigenvalue weighted by Gasteiger charge is 2.17. The van der Waals surface area contributed by atoms with Crippen molar-refractivity contribution in [1.82, 2.24) is 0 Å². The van der Waals surface area contributed by atoms with Crippen LogP contribution in [0.4, 0.5) is 4.39 Å². The molecule has 1 N–H and O–H groups in total. The molecule has 0 aliphatic rings. The minimum Gasteiger partial charge on any atom is -0.478 e. The number of halogens is 2. The zero-order valence-electron chi connectivity index (χ0n) is 6.75. The first-order chi connectivity index (χ1) is 6.61. The molecular weight excluding hydrogens is 227 g/mol. The minimum absolute atomic E-state index is 0.0377. The van der Waals surface area contributed by atoms with Crippen molar-refractivity contribution in [3.63, 3.8) is 0 Å². The van der Waals surface area contributed by atoms with Crippen molar-refractivity contribution in [2.75, 3.05) is 0 Å². The van der Waals surface area contributed by atoms with Gasteiger partial charge in [0.2, 0.25) is 0 Å². The molecule has 0 amide bonds. The van der Waals surface area contributed by atoms with Gasteiger partial charge in [0.05, 0.1) is 15.3 Å². The Balaban J connectivity index is 2.93. The van der Waals surface area contributed by atoms with Crippen LogP contribution in [0.2, 0.25) is 5.02 Å². The average Bonchev–Trinajstić information content (AvgIpc) is 2.51. The average molecular weight is 231 g/mol. The first-order valence-electron chi connectivity index (χ1n) is 3.69. The number of rotatable bonds is 1. The summed E-state index contributed by atoms with van der Waals surface area (Å²) in [4.78, 5) is 10.8. The third-order valence-corrected chi connectivity index (χ3v) is 3.08. The van der Waals surface area contributed by atoms with E-state index in [1.165, 1.54) is 0 Å². The van der Waals surface area contributed by atoms with Crippen molar-refractivity contribution in [2.24, 2.45) is 0 Å². The van der Waals surface area contributed by atoms with E-state index < -0.39 is 11.8 Å². The van der Waals surface area contributed by atoms with Gasteiger partial charge in [0, 0.05) is 5.39 Å². The van der Waals surface area contributed by atoms with Crippen LogP contribution in [0.1, 0.15) is 10.4 Å². The van der Waals surface area contributed by atoms with Crippen LogP contribution in [0.25, 0.3) is 10.1 Å². The Kier molecular flexibility index (Phi) is 2.17. The first-order valence-corrected chi connectivity index (χ1v) is 4.95. The summed E-state index contributed by atoms with van der Waals surface area (Å²) < 4.78 is 13.6. The van der Waals surface area contributed by atoms with Crippen LogP contribution in [0, 0.1) is 5.82 Å². The second-order valence-electron chi connectivity index (χ2n) is 2.68. The van der Waals surface area contributed by atoms with Gasteiger partial charge in [-0.25, -0.2) is 9.18 Å². The van der Waals surface area contributed by atoms with E-state index in [-0.39, 0.29) is 10.6 Å². The van der Waals surface area contributed by atoms with Gasteiger partial charge in [-0.05, 0) is 17.5 Å². The molecule has 0 fully saturated rings. The molecular formula is C9H4ClFO2S. The van der Waals surface area contributed by atoms with Gasteiger partial charge in [0.1, 0.15) is 5.82 Å². The molecule has 0 saturated heterocycles. The van der Waals surface area contributed by atoms with Crippen molar-refractivity contribution in [3.8, 4) is 0 Å². The van der Waals surface area contributed by atoms with Crippen LogP contribution in [-0.2, 0) is 0 Å². The van der Waals surface area contributed by atoms with Gasteiger partial charge in [0.15, 0.2) is 0 Å². The summed E-state index contributed by atoms with van der Waals surface area (Å²) in [7, 11) is 0. The lowest BCUT2D eigenvalue weighted by Crippen LogP contribution is -1.98. The van der Waals surface area contributed by atoms with Gasteiger partial charge in [-0.1, -0.05) is 11.6 Å². The maximum absolute atomic E-state index is 13.3. The van der Waals surface area contributed by atoms with Gasteiger partial charge in [0.25, 0.3) is 0 Å². The highest BCUT2D eigenvalue weighted by molar-refractivity contribution is 7.17. The number of carboxylic acid groups (broad SMARTS) is 1. The van der Waals surface area contributed by atoms with Gasteiger partial charge in [-0.15, -0.1) is 11.3 Å². The summed E-state index contributed by atoms with van der Waals surface area (Å²) in [5, 5.41) is 10.8. The number of benzene rings is 1. The van der Waals surface area contributed by atoms with Gasteiger partial charge in [-0.2, -0.15) is 0 Å². The summed E-state index contributed by atoms with van der Waals surface area (Å²) in [6.45, 7) is 0. The van der Waals surface area contributed by atoms with E-state index in [1.54, 1.807) is 11.4 Å². The van der Waals surface area contributed by atoms with Crippen molar-refractivity contribution in [1.29, 1.82) is 0 Å². The fraction of sp³-hybridized carbons (Fsp3) is 0. The predicted molar refractivity (Wildman–Crippen MR) is 53.8 cm³/mol. The summed E-state index contributed by atoms with van der Waals surface area (Å²) >= 11 is 6.80. The van der Waals surface area contributed by atoms with E-state index in [1.807, 2.05) is 0 Å². The molecule has 0 bridgehead atoms. The number of fused-ring (bicyclic) bond motifs is 1. The molecule has 2 nitrogen and oxygen atoms in total. The Morgan fingerprint density at radius 1 is 1.57 bits per heavy atom. The number of carbonyl (C=O) groups is 1. The van der Waals surface area contributed by atoms with E-state index in [4.69, 9.17) is 16.7 Å². The Hall–Kier alpha value is -1.13. The van der Waals surface area contributed by atoms with Crippen molar-refractivity contribution in [2.45, 2.75) is 0 Å². The van der Waals surface area contributed by atoms with E-state index in [9.17, 15) is 9.18 Å². The summed E-state index contributed by atoms with van der Waals surface area (Å²) in [5.41, 5.74) is -0.0377. The molecule has 0 atom stereocenters. The molecule has 1 heterocycles. The maximum atomic E-state index is 13.3. The number of aromatic carboxylic acids is 1. The highest BCUT2D eigenvalue weighted by Crippen LogP contribution is 2.32. The summed E-state index contributed by atoms with van der Waals surface area (Å²) in [6.07, 6.45) is 0. The Morgan fingerprint density at radius 2 is 2.29 bits per heavy atom. The Labute approximate surface area is 87.5 Å². The zero-order valence-corrected chi connectivity index (χ0v) is 8.32. The molecule has 1 aromatic carbocycles. The van der Waals surface area contributed by atoms with Gasteiger partial charge in [-0.3, -0.25) is 0 Å². The third-order valence-electron chi connectivity index (χ3n) is 1.86. The van der Waals surface area contributed by atoms with E-state index in [0.29, 0.717) is 10.1 Å². The van der Waals surface area contributed by atoms with Crippen LogP contribution in [0.5, 0.6) is 0 Å². The van der Waals surface area contributed by atoms with Gasteiger partial charge < -0.3 is 5.11 Å². The number of hydrogen-bond donors (Lipinski definition) is 1. The van der Waals surface area contributed by atoms with Crippen LogP contribution in [0.15, 0.2) is 17.5 Å². The monoisotopic (exact) mass is 230 g/mol. The lowest BCUT2D eigenvalue weighted by atomic mass is 10.1. The third kappa shape index (κ3) is 1.27. The molecule has 14 heavy (non-hydrogen) atoms. The van der Waals surface area contributed by atoms with Gasteiger partial charge >= 0.3 is 5.97 Å². The highest BCUT2D eigenvalue weighted by atomic mass is 35.5. The predicted octanol–water partition coefficient (Wildman–Crippen LogP) is 3.39. The van der Waals surface area contributed by atoms with Crippen molar-refractivity contribution < 1.29 is 14.3 Å². The molecule has 72 valence electrons. The lowest BCUT2D eigenvalue weighted by molar-refractivity contribution is 0.0699. The molecule has 0 spiro atoms. The number of carboxylic acids is 1. The molecule has 0 aliphatic carbocycles.